The van der Waals surface area contributed by atoms with Crippen molar-refractivity contribution in [2.24, 2.45) is 0 Å². The second-order valence-electron chi connectivity index (χ2n) is 3.76. The Kier molecular flexibility index (Phi) is 5.23. The molecule has 0 spiro atoms. The molecule has 0 aliphatic carbocycles. The zero-order valence-corrected chi connectivity index (χ0v) is 11.3. The molecule has 0 aromatic heterocycles. The lowest BCUT2D eigenvalue weighted by atomic mass is 10.2. The molecular weight excluding hydrogens is 243 g/mol. The molecule has 90 valence electrons. The summed E-state index contributed by atoms with van der Waals surface area (Å²) in [6.45, 7) is 6.20. The monoisotopic (exact) mass is 260 g/mol. The van der Waals surface area contributed by atoms with Crippen molar-refractivity contribution >= 4 is 34.6 Å². The van der Waals surface area contributed by atoms with E-state index >= 15 is 0 Å². The second-order valence-corrected chi connectivity index (χ2v) is 4.57. The van der Waals surface area contributed by atoms with Crippen molar-refractivity contribution < 1.29 is 0 Å². The molecule has 0 aliphatic heterocycles. The van der Waals surface area contributed by atoms with E-state index in [1.54, 1.807) is 6.07 Å². The lowest BCUT2D eigenvalue weighted by molar-refractivity contribution is 0.733. The Labute approximate surface area is 107 Å². The van der Waals surface area contributed by atoms with Crippen LogP contribution in [0.2, 0.25) is 10.0 Å². The number of hydrogen-bond acceptors (Lipinski definition) is 2. The van der Waals surface area contributed by atoms with Crippen LogP contribution in [0, 0.1) is 0 Å². The summed E-state index contributed by atoms with van der Waals surface area (Å²) in [6, 6.07) is 3.56. The summed E-state index contributed by atoms with van der Waals surface area (Å²) in [5, 5.41) is 1.07. The molecule has 0 heterocycles. The number of unbranched alkanes of at least 4 members (excludes halogenated alkanes) is 1. The first-order valence-corrected chi connectivity index (χ1v) is 6.35. The van der Waals surface area contributed by atoms with Crippen LogP contribution in [0.3, 0.4) is 0 Å². The van der Waals surface area contributed by atoms with Gasteiger partial charge in [0.25, 0.3) is 0 Å². The van der Waals surface area contributed by atoms with Gasteiger partial charge in [-0.2, -0.15) is 0 Å². The molecule has 0 fully saturated rings. The van der Waals surface area contributed by atoms with E-state index in [0.29, 0.717) is 15.7 Å². The van der Waals surface area contributed by atoms with Crippen molar-refractivity contribution in [2.45, 2.75) is 26.7 Å². The first kappa shape index (κ1) is 13.5. The molecule has 0 unspecified atom stereocenters. The first-order valence-electron chi connectivity index (χ1n) is 5.59. The smallest absolute Gasteiger partial charge is 0.0615 e. The minimum Gasteiger partial charge on any atom is -0.397 e. The van der Waals surface area contributed by atoms with Crippen LogP contribution in [0.25, 0.3) is 0 Å². The number of halogens is 2. The van der Waals surface area contributed by atoms with Crippen molar-refractivity contribution in [1.82, 2.24) is 0 Å². The average Bonchev–Trinajstić information content (AvgIpc) is 2.26. The summed E-state index contributed by atoms with van der Waals surface area (Å²) in [5.41, 5.74) is 7.62. The molecule has 1 aromatic rings. The predicted octanol–water partition coefficient (Wildman–Crippen LogP) is 4.20. The molecule has 4 heteroatoms. The molecule has 2 N–H and O–H groups in total. The Morgan fingerprint density at radius 2 is 1.81 bits per heavy atom. The minimum atomic E-state index is 0.509. The summed E-state index contributed by atoms with van der Waals surface area (Å²) in [7, 11) is 0. The van der Waals surface area contributed by atoms with Gasteiger partial charge in [0.15, 0.2) is 0 Å². The fourth-order valence-corrected chi connectivity index (χ4v) is 1.95. The highest BCUT2D eigenvalue weighted by Crippen LogP contribution is 2.33. The van der Waals surface area contributed by atoms with E-state index in [2.05, 4.69) is 18.7 Å². The summed E-state index contributed by atoms with van der Waals surface area (Å²) in [4.78, 5) is 2.22. The van der Waals surface area contributed by atoms with Crippen LogP contribution < -0.4 is 10.6 Å². The predicted molar refractivity (Wildman–Crippen MR) is 73.7 cm³/mol. The van der Waals surface area contributed by atoms with E-state index < -0.39 is 0 Å². The van der Waals surface area contributed by atoms with E-state index in [1.165, 1.54) is 0 Å². The van der Waals surface area contributed by atoms with Gasteiger partial charge in [0, 0.05) is 13.1 Å². The topological polar surface area (TPSA) is 29.3 Å². The molecule has 2 nitrogen and oxygen atoms in total. The summed E-state index contributed by atoms with van der Waals surface area (Å²) in [6.07, 6.45) is 2.31. The quantitative estimate of drug-likeness (QED) is 0.805. The Morgan fingerprint density at radius 1 is 1.19 bits per heavy atom. The lowest BCUT2D eigenvalue weighted by Gasteiger charge is -2.24. The molecule has 0 atom stereocenters. The van der Waals surface area contributed by atoms with Crippen LogP contribution in [-0.4, -0.2) is 13.1 Å². The molecule has 1 aromatic carbocycles. The highest BCUT2D eigenvalue weighted by molar-refractivity contribution is 6.42. The lowest BCUT2D eigenvalue weighted by Crippen LogP contribution is -2.24. The Bertz CT molecular complexity index is 353. The Morgan fingerprint density at radius 3 is 2.38 bits per heavy atom. The van der Waals surface area contributed by atoms with E-state index in [9.17, 15) is 0 Å². The third-order valence-corrected chi connectivity index (χ3v) is 3.30. The molecule has 0 aliphatic rings. The average molecular weight is 261 g/mol. The van der Waals surface area contributed by atoms with E-state index in [4.69, 9.17) is 28.9 Å². The summed E-state index contributed by atoms with van der Waals surface area (Å²) < 4.78 is 0. The van der Waals surface area contributed by atoms with Gasteiger partial charge in [-0.1, -0.05) is 36.5 Å². The van der Waals surface area contributed by atoms with Crippen LogP contribution >= 0.6 is 23.2 Å². The van der Waals surface area contributed by atoms with E-state index in [0.717, 1.165) is 31.6 Å². The molecule has 0 bridgehead atoms. The van der Waals surface area contributed by atoms with Crippen LogP contribution in [0.4, 0.5) is 11.4 Å². The largest absolute Gasteiger partial charge is 0.397 e. The number of nitrogen functional groups attached to an aromatic ring is 1. The van der Waals surface area contributed by atoms with Gasteiger partial charge in [0.1, 0.15) is 0 Å². The molecule has 1 rings (SSSR count). The molecule has 0 amide bonds. The number of rotatable bonds is 5. The van der Waals surface area contributed by atoms with E-state index in [-0.39, 0.29) is 0 Å². The SMILES string of the molecule is CCCCN(CC)c1cc(Cl)c(Cl)cc1N. The van der Waals surface area contributed by atoms with Crippen molar-refractivity contribution in [2.75, 3.05) is 23.7 Å². The zero-order valence-electron chi connectivity index (χ0n) is 9.76. The van der Waals surface area contributed by atoms with Crippen molar-refractivity contribution in [1.29, 1.82) is 0 Å². The fraction of sp³-hybridized carbons (Fsp3) is 0.500. The molecule has 16 heavy (non-hydrogen) atoms. The van der Waals surface area contributed by atoms with E-state index in [1.807, 2.05) is 6.07 Å². The Hall–Kier alpha value is -0.600. The summed E-state index contributed by atoms with van der Waals surface area (Å²) >= 11 is 11.9. The van der Waals surface area contributed by atoms with Crippen LogP contribution in [0.5, 0.6) is 0 Å². The van der Waals surface area contributed by atoms with Crippen LogP contribution in [0.15, 0.2) is 12.1 Å². The van der Waals surface area contributed by atoms with Crippen molar-refractivity contribution in [3.8, 4) is 0 Å². The molecule has 0 saturated heterocycles. The van der Waals surface area contributed by atoms with Gasteiger partial charge in [0.05, 0.1) is 21.4 Å². The number of benzene rings is 1. The highest BCUT2D eigenvalue weighted by Gasteiger charge is 2.10. The summed E-state index contributed by atoms with van der Waals surface area (Å²) in [5.74, 6) is 0. The van der Waals surface area contributed by atoms with Gasteiger partial charge in [-0.15, -0.1) is 0 Å². The molecule has 0 saturated carbocycles. The Balaban J connectivity index is 2.95. The van der Waals surface area contributed by atoms with Crippen LogP contribution in [0.1, 0.15) is 26.7 Å². The van der Waals surface area contributed by atoms with Gasteiger partial charge in [-0.05, 0) is 25.5 Å². The number of hydrogen-bond donors (Lipinski definition) is 1. The third-order valence-electron chi connectivity index (χ3n) is 2.57. The normalized spacial score (nSPS) is 10.5. The van der Waals surface area contributed by atoms with Gasteiger partial charge in [-0.25, -0.2) is 0 Å². The number of nitrogens with two attached hydrogens (primary N) is 1. The third kappa shape index (κ3) is 3.19. The van der Waals surface area contributed by atoms with Crippen LogP contribution in [-0.2, 0) is 0 Å². The standard InChI is InChI=1S/C12H18Cl2N2/c1-3-5-6-16(4-2)12-8-10(14)9(13)7-11(12)15/h7-8H,3-6,15H2,1-2H3. The second kappa shape index (κ2) is 6.21. The minimum absolute atomic E-state index is 0.509. The van der Waals surface area contributed by atoms with Gasteiger partial charge >= 0.3 is 0 Å². The zero-order chi connectivity index (χ0) is 12.1. The van der Waals surface area contributed by atoms with Gasteiger partial charge in [0.2, 0.25) is 0 Å². The maximum Gasteiger partial charge on any atom is 0.0615 e. The van der Waals surface area contributed by atoms with Gasteiger partial charge in [-0.3, -0.25) is 0 Å². The molecule has 0 radical (unpaired) electrons. The maximum atomic E-state index is 6.01. The highest BCUT2D eigenvalue weighted by atomic mass is 35.5. The molecular formula is C12H18Cl2N2. The number of anilines is 2. The first-order chi connectivity index (χ1) is 7.60. The maximum absolute atomic E-state index is 6.01. The fourth-order valence-electron chi connectivity index (χ4n) is 1.62. The van der Waals surface area contributed by atoms with Crippen molar-refractivity contribution in [3.63, 3.8) is 0 Å². The van der Waals surface area contributed by atoms with Crippen molar-refractivity contribution in [3.05, 3.63) is 22.2 Å². The van der Waals surface area contributed by atoms with Gasteiger partial charge < -0.3 is 10.6 Å². The number of nitrogens with zero attached hydrogens (tertiary/aromatic N) is 1.